The molecule has 2 heteroatoms. The minimum atomic E-state index is -1.40. The van der Waals surface area contributed by atoms with Crippen LogP contribution in [0.4, 0.5) is 0 Å². The molecule has 0 atom stereocenters. The molecular formula is C20H28Si2. The van der Waals surface area contributed by atoms with Gasteiger partial charge in [-0.1, -0.05) is 105 Å². The summed E-state index contributed by atoms with van der Waals surface area (Å²) in [5.74, 6) is 0. The summed E-state index contributed by atoms with van der Waals surface area (Å²) in [6.07, 6.45) is 28.2. The Balaban J connectivity index is 1.75. The van der Waals surface area contributed by atoms with E-state index in [4.69, 9.17) is 0 Å². The lowest BCUT2D eigenvalue weighted by molar-refractivity contribution is 1.08. The number of hydrogen-bond acceptors (Lipinski definition) is 0. The Kier molecular flexibility index (Phi) is 4.42. The molecule has 116 valence electrons. The number of rotatable bonds is 6. The van der Waals surface area contributed by atoms with E-state index in [2.05, 4.69) is 92.6 Å². The molecule has 0 amide bonds. The van der Waals surface area contributed by atoms with Crippen LogP contribution in [0.1, 0.15) is 0 Å². The molecule has 0 saturated carbocycles. The zero-order valence-corrected chi connectivity index (χ0v) is 16.1. The third-order valence-corrected chi connectivity index (χ3v) is 15.3. The normalized spacial score (nSPS) is 22.0. The van der Waals surface area contributed by atoms with Gasteiger partial charge in [-0.3, -0.25) is 0 Å². The summed E-state index contributed by atoms with van der Waals surface area (Å²) in [6, 6.07) is 2.90. The maximum atomic E-state index is 2.63. The lowest BCUT2D eigenvalue weighted by atomic mass is 10.4. The van der Waals surface area contributed by atoms with Gasteiger partial charge in [-0.25, -0.2) is 0 Å². The van der Waals surface area contributed by atoms with E-state index in [0.717, 1.165) is 5.54 Å². The van der Waals surface area contributed by atoms with Crippen LogP contribution in [-0.4, -0.2) is 16.1 Å². The first kappa shape index (κ1) is 15.8. The fraction of sp³-hybridized carbons (Fsp3) is 0.400. The molecule has 0 spiro atoms. The van der Waals surface area contributed by atoms with Crippen LogP contribution in [0.5, 0.6) is 0 Å². The molecule has 3 aliphatic rings. The van der Waals surface area contributed by atoms with Crippen molar-refractivity contribution in [2.45, 2.75) is 48.4 Å². The van der Waals surface area contributed by atoms with E-state index in [1.165, 1.54) is 12.1 Å². The van der Waals surface area contributed by atoms with Gasteiger partial charge in [0.1, 0.15) is 0 Å². The highest BCUT2D eigenvalue weighted by molar-refractivity contribution is 6.87. The van der Waals surface area contributed by atoms with Gasteiger partial charge >= 0.3 is 0 Å². The van der Waals surface area contributed by atoms with Crippen molar-refractivity contribution >= 4 is 16.1 Å². The van der Waals surface area contributed by atoms with Crippen molar-refractivity contribution in [3.63, 3.8) is 0 Å². The van der Waals surface area contributed by atoms with Crippen LogP contribution in [0, 0.1) is 0 Å². The average Bonchev–Trinajstić information content (AvgIpc) is 3.28. The molecule has 0 radical (unpaired) electrons. The predicted octanol–water partition coefficient (Wildman–Crippen LogP) is 6.26. The van der Waals surface area contributed by atoms with Gasteiger partial charge in [0.15, 0.2) is 0 Å². The lowest BCUT2D eigenvalue weighted by Crippen LogP contribution is -2.41. The first-order valence-corrected chi connectivity index (χ1v) is 14.7. The van der Waals surface area contributed by atoms with Crippen molar-refractivity contribution in [3.8, 4) is 0 Å². The summed E-state index contributed by atoms with van der Waals surface area (Å²) < 4.78 is 0. The molecule has 3 aliphatic carbocycles. The second kappa shape index (κ2) is 6.17. The minimum Gasteiger partial charge on any atom is -0.0803 e. The molecule has 0 nitrogen and oxygen atoms in total. The largest absolute Gasteiger partial charge is 0.0803 e. The highest BCUT2D eigenvalue weighted by Crippen LogP contribution is 2.46. The van der Waals surface area contributed by atoms with E-state index >= 15 is 0 Å². The monoisotopic (exact) mass is 324 g/mol. The zero-order valence-electron chi connectivity index (χ0n) is 14.1. The second-order valence-electron chi connectivity index (χ2n) is 7.88. The van der Waals surface area contributed by atoms with Crippen LogP contribution >= 0.6 is 0 Å². The highest BCUT2D eigenvalue weighted by atomic mass is 28.3. The summed E-state index contributed by atoms with van der Waals surface area (Å²) in [4.78, 5) is 0. The van der Waals surface area contributed by atoms with Gasteiger partial charge in [-0.05, 0) is 16.6 Å². The van der Waals surface area contributed by atoms with Crippen LogP contribution in [0.2, 0.25) is 48.4 Å². The number of allylic oxidation sites excluding steroid dienone is 12. The first-order valence-electron chi connectivity index (χ1n) is 8.57. The third kappa shape index (κ3) is 2.99. The van der Waals surface area contributed by atoms with Crippen molar-refractivity contribution in [1.82, 2.24) is 0 Å². The van der Waals surface area contributed by atoms with Gasteiger partial charge in [0.2, 0.25) is 0 Å². The van der Waals surface area contributed by atoms with Gasteiger partial charge in [0.05, 0.1) is 16.1 Å². The van der Waals surface area contributed by atoms with Crippen molar-refractivity contribution in [1.29, 1.82) is 0 Å². The van der Waals surface area contributed by atoms with Crippen molar-refractivity contribution in [2.24, 2.45) is 0 Å². The first-order chi connectivity index (χ1) is 10.5. The maximum absolute atomic E-state index is 2.63. The molecule has 0 saturated heterocycles. The molecule has 0 aromatic heterocycles. The smallest absolute Gasteiger partial charge is 0.0726 e. The molecule has 22 heavy (non-hydrogen) atoms. The molecule has 0 aliphatic heterocycles. The van der Waals surface area contributed by atoms with Crippen molar-refractivity contribution in [2.75, 3.05) is 0 Å². The van der Waals surface area contributed by atoms with Crippen molar-refractivity contribution in [3.05, 3.63) is 72.9 Å². The highest BCUT2D eigenvalue weighted by Gasteiger charge is 2.42. The zero-order chi connectivity index (χ0) is 15.6. The Morgan fingerprint density at radius 3 is 1.32 bits per heavy atom. The molecule has 0 fully saturated rings. The fourth-order valence-electron chi connectivity index (χ4n) is 4.01. The Bertz CT molecular complexity index is 523. The Morgan fingerprint density at radius 1 is 0.545 bits per heavy atom. The van der Waals surface area contributed by atoms with E-state index in [9.17, 15) is 0 Å². The average molecular weight is 325 g/mol. The summed E-state index contributed by atoms with van der Waals surface area (Å²) >= 11 is 0. The SMILES string of the molecule is C[Si](C)(CC[Si](C)(C1C=CC=C1)C1C=CC=C1)C1C=CC=C1. The molecule has 0 bridgehead atoms. The third-order valence-electron chi connectivity index (χ3n) is 5.98. The lowest BCUT2D eigenvalue weighted by Gasteiger charge is -2.39. The Morgan fingerprint density at radius 2 is 0.909 bits per heavy atom. The Hall–Kier alpha value is -1.13. The maximum Gasteiger partial charge on any atom is 0.0726 e. The van der Waals surface area contributed by atoms with Crippen LogP contribution in [0.25, 0.3) is 0 Å². The van der Waals surface area contributed by atoms with E-state index in [1.807, 2.05) is 0 Å². The Labute approximate surface area is 137 Å². The van der Waals surface area contributed by atoms with Gasteiger partial charge in [0.25, 0.3) is 0 Å². The van der Waals surface area contributed by atoms with Gasteiger partial charge in [-0.15, -0.1) is 0 Å². The van der Waals surface area contributed by atoms with Gasteiger partial charge in [0, 0.05) is 0 Å². The molecular weight excluding hydrogens is 296 g/mol. The number of hydrogen-bond donors (Lipinski definition) is 0. The van der Waals surface area contributed by atoms with Crippen molar-refractivity contribution < 1.29 is 0 Å². The van der Waals surface area contributed by atoms with Gasteiger partial charge in [-0.2, -0.15) is 0 Å². The van der Waals surface area contributed by atoms with E-state index in [1.54, 1.807) is 0 Å². The predicted molar refractivity (Wildman–Crippen MR) is 105 cm³/mol. The standard InChI is InChI=1S/C20H28Si2/c1-21(2,18-10-4-5-11-18)16-17-22(3,19-12-6-7-13-19)20-14-8-9-15-20/h4-15,18-20H,16-17H2,1-3H3. The van der Waals surface area contributed by atoms with E-state index in [0.29, 0.717) is 11.1 Å². The van der Waals surface area contributed by atoms with E-state index in [-0.39, 0.29) is 0 Å². The molecule has 0 heterocycles. The summed E-state index contributed by atoms with van der Waals surface area (Å²) in [6.45, 7) is 7.79. The molecule has 0 N–H and O–H groups in total. The summed E-state index contributed by atoms with van der Waals surface area (Å²) in [7, 11) is -2.62. The molecule has 3 rings (SSSR count). The van der Waals surface area contributed by atoms with Crippen LogP contribution < -0.4 is 0 Å². The van der Waals surface area contributed by atoms with Crippen LogP contribution in [-0.2, 0) is 0 Å². The van der Waals surface area contributed by atoms with Crippen LogP contribution in [0.3, 0.4) is 0 Å². The van der Waals surface area contributed by atoms with Gasteiger partial charge < -0.3 is 0 Å². The molecule has 0 aromatic carbocycles. The summed E-state index contributed by atoms with van der Waals surface area (Å²) in [5.41, 5.74) is 2.17. The minimum absolute atomic E-state index is 0.712. The van der Waals surface area contributed by atoms with Crippen LogP contribution in [0.15, 0.2) is 72.9 Å². The topological polar surface area (TPSA) is 0 Å². The van der Waals surface area contributed by atoms with E-state index < -0.39 is 16.1 Å². The molecule has 0 aromatic rings. The molecule has 0 unspecified atom stereocenters. The summed E-state index contributed by atoms with van der Waals surface area (Å²) in [5, 5.41) is 0. The second-order valence-corrected chi connectivity index (χ2v) is 17.9. The quantitative estimate of drug-likeness (QED) is 0.506. The fourth-order valence-corrected chi connectivity index (χ4v) is 13.7.